The zero-order chi connectivity index (χ0) is 13.1. The van der Waals surface area contributed by atoms with Crippen molar-refractivity contribution in [3.63, 3.8) is 0 Å². The van der Waals surface area contributed by atoms with Crippen LogP contribution < -0.4 is 5.32 Å². The van der Waals surface area contributed by atoms with Crippen LogP contribution in [0.4, 0.5) is 0 Å². The van der Waals surface area contributed by atoms with E-state index in [1.165, 1.54) is 43.2 Å². The molecule has 1 aromatic carbocycles. The zero-order valence-corrected chi connectivity index (χ0v) is 11.7. The van der Waals surface area contributed by atoms with Crippen LogP contribution in [0.25, 0.3) is 0 Å². The van der Waals surface area contributed by atoms with E-state index >= 15 is 0 Å². The SMILES string of the molecule is OCC1(NC2CCCCC2)CCc2ccccc2C1. The van der Waals surface area contributed by atoms with Crippen molar-refractivity contribution in [3.05, 3.63) is 35.4 Å². The van der Waals surface area contributed by atoms with E-state index in [4.69, 9.17) is 0 Å². The average Bonchev–Trinajstić information content (AvgIpc) is 2.48. The molecule has 19 heavy (non-hydrogen) atoms. The lowest BCUT2D eigenvalue weighted by Gasteiger charge is -2.41. The van der Waals surface area contributed by atoms with E-state index in [1.807, 2.05) is 0 Å². The molecule has 1 unspecified atom stereocenters. The third kappa shape index (κ3) is 2.85. The summed E-state index contributed by atoms with van der Waals surface area (Å²) in [6.45, 7) is 0.262. The van der Waals surface area contributed by atoms with E-state index in [0.29, 0.717) is 6.04 Å². The molecular formula is C17H25NO. The minimum Gasteiger partial charge on any atom is -0.394 e. The van der Waals surface area contributed by atoms with E-state index in [2.05, 4.69) is 29.6 Å². The van der Waals surface area contributed by atoms with Crippen molar-refractivity contribution in [3.8, 4) is 0 Å². The highest BCUT2D eigenvalue weighted by molar-refractivity contribution is 5.32. The van der Waals surface area contributed by atoms with Gasteiger partial charge >= 0.3 is 0 Å². The van der Waals surface area contributed by atoms with Crippen LogP contribution in [0.2, 0.25) is 0 Å². The van der Waals surface area contributed by atoms with Crippen LogP contribution in [0.15, 0.2) is 24.3 Å². The molecule has 0 aromatic heterocycles. The molecule has 0 aliphatic heterocycles. The summed E-state index contributed by atoms with van der Waals surface area (Å²) < 4.78 is 0. The summed E-state index contributed by atoms with van der Waals surface area (Å²) in [6, 6.07) is 9.32. The van der Waals surface area contributed by atoms with Crippen molar-refractivity contribution in [2.45, 2.75) is 62.9 Å². The van der Waals surface area contributed by atoms with Crippen LogP contribution in [-0.4, -0.2) is 23.3 Å². The van der Waals surface area contributed by atoms with Gasteiger partial charge in [-0.25, -0.2) is 0 Å². The number of nitrogens with one attached hydrogen (secondary N) is 1. The van der Waals surface area contributed by atoms with Gasteiger partial charge in [-0.3, -0.25) is 0 Å². The molecule has 2 nitrogen and oxygen atoms in total. The number of benzene rings is 1. The quantitative estimate of drug-likeness (QED) is 0.875. The number of hydrogen-bond donors (Lipinski definition) is 2. The number of hydrogen-bond acceptors (Lipinski definition) is 2. The van der Waals surface area contributed by atoms with E-state index in [1.54, 1.807) is 0 Å². The van der Waals surface area contributed by atoms with E-state index in [9.17, 15) is 5.11 Å². The van der Waals surface area contributed by atoms with Crippen LogP contribution >= 0.6 is 0 Å². The first kappa shape index (κ1) is 13.1. The van der Waals surface area contributed by atoms with Crippen molar-refractivity contribution < 1.29 is 5.11 Å². The minimum absolute atomic E-state index is 0.0731. The third-order valence-corrected chi connectivity index (χ3v) is 4.94. The van der Waals surface area contributed by atoms with Crippen LogP contribution in [0.5, 0.6) is 0 Å². The van der Waals surface area contributed by atoms with E-state index in [-0.39, 0.29) is 12.1 Å². The Hall–Kier alpha value is -0.860. The first-order valence-corrected chi connectivity index (χ1v) is 7.77. The predicted molar refractivity (Wildman–Crippen MR) is 78.3 cm³/mol. The number of aliphatic hydroxyl groups excluding tert-OH is 1. The van der Waals surface area contributed by atoms with Crippen LogP contribution in [0, 0.1) is 0 Å². The molecule has 104 valence electrons. The number of rotatable bonds is 3. The molecule has 1 fully saturated rings. The molecule has 0 amide bonds. The number of aliphatic hydroxyl groups is 1. The standard InChI is InChI=1S/C17H25NO/c19-13-17(18-16-8-2-1-3-9-16)11-10-14-6-4-5-7-15(14)12-17/h4-7,16,18-19H,1-3,8-13H2. The van der Waals surface area contributed by atoms with Crippen molar-refractivity contribution in [1.29, 1.82) is 0 Å². The molecule has 0 radical (unpaired) electrons. The first-order valence-electron chi connectivity index (χ1n) is 7.77. The molecule has 0 spiro atoms. The number of fused-ring (bicyclic) bond motifs is 1. The Morgan fingerprint density at radius 2 is 1.84 bits per heavy atom. The van der Waals surface area contributed by atoms with E-state index in [0.717, 1.165) is 19.3 Å². The highest BCUT2D eigenvalue weighted by Gasteiger charge is 2.35. The predicted octanol–water partition coefficient (Wildman–Crippen LogP) is 2.83. The smallest absolute Gasteiger partial charge is 0.0616 e. The zero-order valence-electron chi connectivity index (χ0n) is 11.7. The van der Waals surface area contributed by atoms with Gasteiger partial charge in [0.1, 0.15) is 0 Å². The van der Waals surface area contributed by atoms with Crippen molar-refractivity contribution in [2.75, 3.05) is 6.61 Å². The fraction of sp³-hybridized carbons (Fsp3) is 0.647. The highest BCUT2D eigenvalue weighted by atomic mass is 16.3. The summed E-state index contributed by atoms with van der Waals surface area (Å²) in [5, 5.41) is 13.7. The van der Waals surface area contributed by atoms with Gasteiger partial charge in [0.25, 0.3) is 0 Å². The molecule has 2 aliphatic rings. The molecule has 0 bridgehead atoms. The van der Waals surface area contributed by atoms with Gasteiger partial charge in [0, 0.05) is 11.6 Å². The lowest BCUT2D eigenvalue weighted by Crippen LogP contribution is -2.56. The van der Waals surface area contributed by atoms with Gasteiger partial charge < -0.3 is 10.4 Å². The van der Waals surface area contributed by atoms with Gasteiger partial charge in [-0.15, -0.1) is 0 Å². The summed E-state index contributed by atoms with van der Waals surface area (Å²) in [4.78, 5) is 0. The minimum atomic E-state index is -0.0731. The Morgan fingerprint density at radius 1 is 1.11 bits per heavy atom. The molecule has 1 saturated carbocycles. The van der Waals surface area contributed by atoms with E-state index < -0.39 is 0 Å². The second-order valence-electron chi connectivity index (χ2n) is 6.36. The third-order valence-electron chi connectivity index (χ3n) is 4.94. The summed E-state index contributed by atoms with van der Waals surface area (Å²) in [5.41, 5.74) is 2.82. The monoisotopic (exact) mass is 259 g/mol. The Morgan fingerprint density at radius 3 is 2.58 bits per heavy atom. The molecule has 2 heteroatoms. The molecule has 0 saturated heterocycles. The van der Waals surface area contributed by atoms with Crippen LogP contribution in [-0.2, 0) is 12.8 Å². The van der Waals surface area contributed by atoms with Gasteiger partial charge in [-0.1, -0.05) is 43.5 Å². The van der Waals surface area contributed by atoms with Crippen molar-refractivity contribution in [1.82, 2.24) is 5.32 Å². The molecule has 3 rings (SSSR count). The summed E-state index contributed by atoms with van der Waals surface area (Å²) in [6.07, 6.45) is 9.77. The topological polar surface area (TPSA) is 32.3 Å². The van der Waals surface area contributed by atoms with Crippen LogP contribution in [0.1, 0.15) is 49.7 Å². The largest absolute Gasteiger partial charge is 0.394 e. The summed E-state index contributed by atoms with van der Waals surface area (Å²) in [5.74, 6) is 0. The van der Waals surface area contributed by atoms with Gasteiger partial charge in [-0.05, 0) is 43.2 Å². The molecule has 2 aliphatic carbocycles. The Bertz CT molecular complexity index is 425. The maximum Gasteiger partial charge on any atom is 0.0616 e. The molecule has 0 heterocycles. The molecule has 1 aromatic rings. The Kier molecular flexibility index (Phi) is 3.90. The van der Waals surface area contributed by atoms with Crippen molar-refractivity contribution in [2.24, 2.45) is 0 Å². The summed E-state index contributed by atoms with van der Waals surface area (Å²) in [7, 11) is 0. The molecule has 2 N–H and O–H groups in total. The lowest BCUT2D eigenvalue weighted by atomic mass is 9.77. The van der Waals surface area contributed by atoms with Crippen molar-refractivity contribution >= 4 is 0 Å². The van der Waals surface area contributed by atoms with Gasteiger partial charge in [0.15, 0.2) is 0 Å². The Balaban J connectivity index is 1.73. The number of aryl methyl sites for hydroxylation is 1. The normalized spacial score (nSPS) is 28.1. The molecular weight excluding hydrogens is 234 g/mol. The van der Waals surface area contributed by atoms with Crippen LogP contribution in [0.3, 0.4) is 0 Å². The van der Waals surface area contributed by atoms with Gasteiger partial charge in [0.05, 0.1) is 6.61 Å². The molecule has 1 atom stereocenters. The second kappa shape index (κ2) is 5.64. The Labute approximate surface area is 116 Å². The van der Waals surface area contributed by atoms with Gasteiger partial charge in [0.2, 0.25) is 0 Å². The second-order valence-corrected chi connectivity index (χ2v) is 6.36. The van der Waals surface area contributed by atoms with Gasteiger partial charge in [-0.2, -0.15) is 0 Å². The maximum absolute atomic E-state index is 9.94. The average molecular weight is 259 g/mol. The fourth-order valence-corrected chi connectivity index (χ4v) is 3.78. The maximum atomic E-state index is 9.94. The fourth-order valence-electron chi connectivity index (χ4n) is 3.78. The lowest BCUT2D eigenvalue weighted by molar-refractivity contribution is 0.123. The summed E-state index contributed by atoms with van der Waals surface area (Å²) >= 11 is 0. The first-order chi connectivity index (χ1) is 9.31. The highest BCUT2D eigenvalue weighted by Crippen LogP contribution is 2.30.